The minimum atomic E-state index is -0.611. The normalized spacial score (nSPS) is 24.6. The highest BCUT2D eigenvalue weighted by Gasteiger charge is 2.23. The van der Waals surface area contributed by atoms with E-state index in [2.05, 4.69) is 9.97 Å². The molecular formula is C13H15F2N3. The summed E-state index contributed by atoms with van der Waals surface area (Å²) in [5.74, 6) is -0.165. The standard InChI is InChI=1S/C13H15F2N3/c14-8-5-10(15)12-11(6-8)17-13(18-12)7-1-3-9(16)4-2-7/h5-7,9H,1-4,16H2,(H,17,18). The molecule has 1 heterocycles. The lowest BCUT2D eigenvalue weighted by molar-refractivity contribution is 0.386. The zero-order valence-corrected chi connectivity index (χ0v) is 9.92. The van der Waals surface area contributed by atoms with Crippen molar-refractivity contribution in [3.63, 3.8) is 0 Å². The van der Waals surface area contributed by atoms with E-state index < -0.39 is 11.6 Å². The van der Waals surface area contributed by atoms with Crippen molar-refractivity contribution < 1.29 is 8.78 Å². The summed E-state index contributed by atoms with van der Waals surface area (Å²) in [5, 5.41) is 0. The molecule has 5 heteroatoms. The van der Waals surface area contributed by atoms with Crippen molar-refractivity contribution in [1.29, 1.82) is 0 Å². The van der Waals surface area contributed by atoms with Crippen LogP contribution in [0, 0.1) is 11.6 Å². The van der Waals surface area contributed by atoms with E-state index in [0.717, 1.165) is 37.6 Å². The Labute approximate surface area is 103 Å². The fourth-order valence-electron chi connectivity index (χ4n) is 2.65. The minimum absolute atomic E-state index is 0.223. The fraction of sp³-hybridized carbons (Fsp3) is 0.462. The maximum Gasteiger partial charge on any atom is 0.153 e. The second-order valence-corrected chi connectivity index (χ2v) is 5.02. The predicted octanol–water partition coefficient (Wildman–Crippen LogP) is 2.83. The van der Waals surface area contributed by atoms with E-state index >= 15 is 0 Å². The number of nitrogens with zero attached hydrogens (tertiary/aromatic N) is 1. The molecule has 0 atom stereocenters. The number of fused-ring (bicyclic) bond motifs is 1. The monoisotopic (exact) mass is 251 g/mol. The smallest absolute Gasteiger partial charge is 0.153 e. The van der Waals surface area contributed by atoms with Crippen LogP contribution in [0.1, 0.15) is 37.4 Å². The van der Waals surface area contributed by atoms with Gasteiger partial charge in [-0.25, -0.2) is 13.8 Å². The third-order valence-corrected chi connectivity index (χ3v) is 3.68. The average Bonchev–Trinajstić information content (AvgIpc) is 2.74. The Morgan fingerprint density at radius 1 is 1.17 bits per heavy atom. The number of H-pyrrole nitrogens is 1. The number of hydrogen-bond donors (Lipinski definition) is 2. The van der Waals surface area contributed by atoms with Gasteiger partial charge in [0, 0.05) is 18.0 Å². The van der Waals surface area contributed by atoms with Gasteiger partial charge in [0.2, 0.25) is 0 Å². The van der Waals surface area contributed by atoms with E-state index in [1.165, 1.54) is 6.07 Å². The molecule has 1 aromatic carbocycles. The van der Waals surface area contributed by atoms with Crippen molar-refractivity contribution in [3.8, 4) is 0 Å². The molecule has 1 saturated carbocycles. The largest absolute Gasteiger partial charge is 0.342 e. The lowest BCUT2D eigenvalue weighted by Crippen LogP contribution is -2.26. The van der Waals surface area contributed by atoms with Gasteiger partial charge in [0.25, 0.3) is 0 Å². The molecule has 1 aliphatic carbocycles. The number of imidazole rings is 1. The van der Waals surface area contributed by atoms with E-state index in [-0.39, 0.29) is 17.5 Å². The third kappa shape index (κ3) is 1.99. The SMILES string of the molecule is NC1CCC(c2nc3c(F)cc(F)cc3[nH]2)CC1. The van der Waals surface area contributed by atoms with Crippen molar-refractivity contribution in [2.24, 2.45) is 5.73 Å². The van der Waals surface area contributed by atoms with Crippen LogP contribution >= 0.6 is 0 Å². The van der Waals surface area contributed by atoms with Crippen LogP contribution in [-0.4, -0.2) is 16.0 Å². The molecule has 1 aliphatic rings. The van der Waals surface area contributed by atoms with Gasteiger partial charge in [0.05, 0.1) is 5.52 Å². The molecule has 1 aromatic heterocycles. The first-order valence-electron chi connectivity index (χ1n) is 6.23. The molecule has 3 rings (SSSR count). The summed E-state index contributed by atoms with van der Waals surface area (Å²) in [7, 11) is 0. The summed E-state index contributed by atoms with van der Waals surface area (Å²) >= 11 is 0. The van der Waals surface area contributed by atoms with Crippen LogP contribution in [-0.2, 0) is 0 Å². The second-order valence-electron chi connectivity index (χ2n) is 5.02. The Balaban J connectivity index is 1.96. The maximum atomic E-state index is 13.5. The molecule has 2 aromatic rings. The first kappa shape index (κ1) is 11.6. The van der Waals surface area contributed by atoms with Crippen molar-refractivity contribution in [2.75, 3.05) is 0 Å². The lowest BCUT2D eigenvalue weighted by atomic mass is 9.86. The molecule has 0 aliphatic heterocycles. The van der Waals surface area contributed by atoms with Crippen LogP contribution in [0.5, 0.6) is 0 Å². The van der Waals surface area contributed by atoms with Gasteiger partial charge < -0.3 is 10.7 Å². The first-order valence-corrected chi connectivity index (χ1v) is 6.23. The molecule has 0 bridgehead atoms. The highest BCUT2D eigenvalue weighted by atomic mass is 19.1. The Kier molecular flexibility index (Phi) is 2.78. The molecule has 3 N–H and O–H groups in total. The van der Waals surface area contributed by atoms with Gasteiger partial charge in [0.1, 0.15) is 17.2 Å². The van der Waals surface area contributed by atoms with Crippen molar-refractivity contribution in [1.82, 2.24) is 9.97 Å². The van der Waals surface area contributed by atoms with E-state index in [1.54, 1.807) is 0 Å². The average molecular weight is 251 g/mol. The number of benzene rings is 1. The first-order chi connectivity index (χ1) is 8.63. The molecule has 0 saturated heterocycles. The summed E-state index contributed by atoms with van der Waals surface area (Å²) in [4.78, 5) is 7.29. The predicted molar refractivity (Wildman–Crippen MR) is 65.2 cm³/mol. The number of nitrogens with two attached hydrogens (primary N) is 1. The number of rotatable bonds is 1. The van der Waals surface area contributed by atoms with Crippen LogP contribution in [0.15, 0.2) is 12.1 Å². The Morgan fingerprint density at radius 2 is 1.89 bits per heavy atom. The van der Waals surface area contributed by atoms with Gasteiger partial charge in [-0.2, -0.15) is 0 Å². The van der Waals surface area contributed by atoms with Gasteiger partial charge in [-0.3, -0.25) is 0 Å². The fourth-order valence-corrected chi connectivity index (χ4v) is 2.65. The van der Waals surface area contributed by atoms with Gasteiger partial charge >= 0.3 is 0 Å². The molecule has 0 spiro atoms. The summed E-state index contributed by atoms with van der Waals surface area (Å²) in [6, 6.07) is 2.41. The molecule has 18 heavy (non-hydrogen) atoms. The topological polar surface area (TPSA) is 54.7 Å². The summed E-state index contributed by atoms with van der Waals surface area (Å²) in [5.41, 5.74) is 6.51. The Bertz CT molecular complexity index is 571. The molecular weight excluding hydrogens is 236 g/mol. The van der Waals surface area contributed by atoms with Gasteiger partial charge in [0.15, 0.2) is 5.82 Å². The molecule has 0 amide bonds. The van der Waals surface area contributed by atoms with Crippen molar-refractivity contribution >= 4 is 11.0 Å². The lowest BCUT2D eigenvalue weighted by Gasteiger charge is -2.24. The second kappa shape index (κ2) is 4.31. The minimum Gasteiger partial charge on any atom is -0.342 e. The maximum absolute atomic E-state index is 13.5. The molecule has 0 radical (unpaired) electrons. The summed E-state index contributed by atoms with van der Waals surface area (Å²) in [6.07, 6.45) is 3.81. The number of nitrogens with one attached hydrogen (secondary N) is 1. The highest BCUT2D eigenvalue weighted by molar-refractivity contribution is 5.75. The number of hydrogen-bond acceptors (Lipinski definition) is 2. The van der Waals surface area contributed by atoms with Crippen LogP contribution in [0.2, 0.25) is 0 Å². The Morgan fingerprint density at radius 3 is 2.61 bits per heavy atom. The third-order valence-electron chi connectivity index (χ3n) is 3.68. The Hall–Kier alpha value is -1.49. The number of aromatic nitrogens is 2. The zero-order valence-electron chi connectivity index (χ0n) is 9.92. The van der Waals surface area contributed by atoms with Crippen molar-refractivity contribution in [3.05, 3.63) is 29.6 Å². The summed E-state index contributed by atoms with van der Waals surface area (Å²) < 4.78 is 26.6. The van der Waals surface area contributed by atoms with Crippen LogP contribution in [0.3, 0.4) is 0 Å². The van der Waals surface area contributed by atoms with Crippen LogP contribution in [0.4, 0.5) is 8.78 Å². The molecule has 0 unspecified atom stereocenters. The quantitative estimate of drug-likeness (QED) is 0.818. The van der Waals surface area contributed by atoms with Gasteiger partial charge in [-0.1, -0.05) is 0 Å². The van der Waals surface area contributed by atoms with E-state index in [1.807, 2.05) is 0 Å². The molecule has 1 fully saturated rings. The van der Waals surface area contributed by atoms with E-state index in [9.17, 15) is 8.78 Å². The van der Waals surface area contributed by atoms with Crippen LogP contribution < -0.4 is 5.73 Å². The highest BCUT2D eigenvalue weighted by Crippen LogP contribution is 2.32. The van der Waals surface area contributed by atoms with Gasteiger partial charge in [-0.05, 0) is 31.7 Å². The van der Waals surface area contributed by atoms with E-state index in [0.29, 0.717) is 5.52 Å². The summed E-state index contributed by atoms with van der Waals surface area (Å²) in [6.45, 7) is 0. The number of halogens is 2. The zero-order chi connectivity index (χ0) is 12.7. The molecule has 96 valence electrons. The molecule has 3 nitrogen and oxygen atoms in total. The van der Waals surface area contributed by atoms with Crippen molar-refractivity contribution in [2.45, 2.75) is 37.6 Å². The van der Waals surface area contributed by atoms with Crippen LogP contribution in [0.25, 0.3) is 11.0 Å². The van der Waals surface area contributed by atoms with Gasteiger partial charge in [-0.15, -0.1) is 0 Å². The van der Waals surface area contributed by atoms with E-state index in [4.69, 9.17) is 5.73 Å². The number of aromatic amines is 1.